The number of rotatable bonds is 0. The Bertz CT molecular complexity index is 327. The van der Waals surface area contributed by atoms with Gasteiger partial charge in [0.1, 0.15) is 0 Å². The first kappa shape index (κ1) is 6.53. The van der Waals surface area contributed by atoms with Gasteiger partial charge in [0.25, 0.3) is 0 Å². The maximum absolute atomic E-state index is 12.6. The maximum atomic E-state index is 12.6. The Morgan fingerprint density at radius 3 is 2.27 bits per heavy atom. The highest BCUT2D eigenvalue weighted by Crippen LogP contribution is 2.23. The molecule has 1 aromatic carbocycles. The van der Waals surface area contributed by atoms with Crippen LogP contribution in [0.3, 0.4) is 0 Å². The Labute approximate surface area is 63.2 Å². The Hall–Kier alpha value is -1.18. The van der Waals surface area contributed by atoms with Crippen molar-refractivity contribution in [3.63, 3.8) is 0 Å². The van der Waals surface area contributed by atoms with Gasteiger partial charge in [-0.2, -0.15) is 0 Å². The first-order chi connectivity index (χ1) is 5.27. The summed E-state index contributed by atoms with van der Waals surface area (Å²) in [7, 11) is 0. The first-order valence-electron chi connectivity index (χ1n) is 3.28. The molecule has 0 unspecified atom stereocenters. The monoisotopic (exact) mass is 151 g/mol. The van der Waals surface area contributed by atoms with E-state index in [1.54, 1.807) is 18.6 Å². The second-order valence-corrected chi connectivity index (χ2v) is 2.42. The molecule has 0 aromatic heterocycles. The van der Waals surface area contributed by atoms with Crippen molar-refractivity contribution in [2.24, 2.45) is 0 Å². The smallest absolute Gasteiger partial charge is 0.159 e. The van der Waals surface area contributed by atoms with Crippen molar-refractivity contribution in [3.05, 3.63) is 47.4 Å². The standard InChI is InChI=1S/C9H5F2/c10-8-4-6-2-1-3-7(6)5-9(8)11/h1-5H. The summed E-state index contributed by atoms with van der Waals surface area (Å²) in [6.07, 6.45) is 5.26. The molecule has 0 atom stereocenters. The van der Waals surface area contributed by atoms with Gasteiger partial charge >= 0.3 is 0 Å². The molecule has 1 aliphatic carbocycles. The molecule has 55 valence electrons. The number of fused-ring (bicyclic) bond motifs is 1. The van der Waals surface area contributed by atoms with Crippen molar-refractivity contribution in [3.8, 4) is 0 Å². The van der Waals surface area contributed by atoms with Crippen LogP contribution >= 0.6 is 0 Å². The summed E-state index contributed by atoms with van der Waals surface area (Å²) in [6.45, 7) is 0. The maximum Gasteiger partial charge on any atom is 0.159 e. The third-order valence-corrected chi connectivity index (χ3v) is 1.68. The predicted octanol–water partition coefficient (Wildman–Crippen LogP) is 2.54. The molecule has 0 heterocycles. The SMILES string of the molecule is Fc1cc2c(cc1F)C=C[CH]2. The van der Waals surface area contributed by atoms with E-state index < -0.39 is 11.6 Å². The molecule has 2 heteroatoms. The van der Waals surface area contributed by atoms with Gasteiger partial charge in [-0.05, 0) is 23.3 Å². The molecule has 11 heavy (non-hydrogen) atoms. The topological polar surface area (TPSA) is 0 Å². The minimum absolute atomic E-state index is 0.740. The molecule has 2 rings (SSSR count). The van der Waals surface area contributed by atoms with Crippen molar-refractivity contribution >= 4 is 6.08 Å². The van der Waals surface area contributed by atoms with Gasteiger partial charge in [0, 0.05) is 6.42 Å². The van der Waals surface area contributed by atoms with Gasteiger partial charge in [-0.15, -0.1) is 0 Å². The van der Waals surface area contributed by atoms with E-state index in [2.05, 4.69) is 0 Å². The minimum Gasteiger partial charge on any atom is -0.204 e. The van der Waals surface area contributed by atoms with Gasteiger partial charge in [-0.3, -0.25) is 0 Å². The van der Waals surface area contributed by atoms with Gasteiger partial charge in [0.15, 0.2) is 11.6 Å². The zero-order valence-electron chi connectivity index (χ0n) is 5.64. The molecule has 0 N–H and O–H groups in total. The lowest BCUT2D eigenvalue weighted by Crippen LogP contribution is -1.87. The van der Waals surface area contributed by atoms with Crippen molar-refractivity contribution in [1.29, 1.82) is 0 Å². The fourth-order valence-electron chi connectivity index (χ4n) is 1.12. The Kier molecular flexibility index (Phi) is 1.28. The summed E-state index contributed by atoms with van der Waals surface area (Å²) in [5.74, 6) is -1.58. The molecule has 0 bridgehead atoms. The van der Waals surface area contributed by atoms with Crippen LogP contribution in [0.15, 0.2) is 18.2 Å². The van der Waals surface area contributed by atoms with E-state index in [1.807, 2.05) is 0 Å². The van der Waals surface area contributed by atoms with E-state index in [1.165, 1.54) is 12.1 Å². The average Bonchev–Trinajstić information content (AvgIpc) is 2.36. The molecule has 0 saturated heterocycles. The second kappa shape index (κ2) is 2.16. The van der Waals surface area contributed by atoms with Crippen LogP contribution in [0, 0.1) is 18.1 Å². The van der Waals surface area contributed by atoms with Gasteiger partial charge < -0.3 is 0 Å². The summed E-state index contributed by atoms with van der Waals surface area (Å²) in [6, 6.07) is 2.40. The molecule has 1 aliphatic rings. The normalized spacial score (nSPS) is 13.6. The molecule has 0 amide bonds. The lowest BCUT2D eigenvalue weighted by molar-refractivity contribution is 0.508. The minimum atomic E-state index is -0.788. The molecular weight excluding hydrogens is 146 g/mol. The van der Waals surface area contributed by atoms with Crippen LogP contribution in [0.2, 0.25) is 0 Å². The average molecular weight is 151 g/mol. The van der Waals surface area contributed by atoms with Crippen molar-refractivity contribution < 1.29 is 8.78 Å². The van der Waals surface area contributed by atoms with Crippen molar-refractivity contribution in [1.82, 2.24) is 0 Å². The summed E-state index contributed by atoms with van der Waals surface area (Å²) in [4.78, 5) is 0. The highest BCUT2D eigenvalue weighted by atomic mass is 19.2. The number of benzene rings is 1. The lowest BCUT2D eigenvalue weighted by Gasteiger charge is -1.98. The van der Waals surface area contributed by atoms with Gasteiger partial charge in [0.2, 0.25) is 0 Å². The fourth-order valence-corrected chi connectivity index (χ4v) is 1.12. The fraction of sp³-hybridized carbons (Fsp3) is 0. The van der Waals surface area contributed by atoms with E-state index in [0.29, 0.717) is 0 Å². The summed E-state index contributed by atoms with van der Waals surface area (Å²) < 4.78 is 25.1. The summed E-state index contributed by atoms with van der Waals surface area (Å²) >= 11 is 0. The van der Waals surface area contributed by atoms with Crippen LogP contribution in [-0.4, -0.2) is 0 Å². The largest absolute Gasteiger partial charge is 0.204 e. The third kappa shape index (κ3) is 0.946. The molecular formula is C9H5F2. The Morgan fingerprint density at radius 1 is 0.909 bits per heavy atom. The lowest BCUT2D eigenvalue weighted by atomic mass is 10.1. The first-order valence-corrected chi connectivity index (χ1v) is 3.28. The van der Waals surface area contributed by atoms with Crippen molar-refractivity contribution in [2.45, 2.75) is 0 Å². The molecule has 1 radical (unpaired) electrons. The van der Waals surface area contributed by atoms with Gasteiger partial charge in [-0.25, -0.2) is 8.78 Å². The summed E-state index contributed by atoms with van der Waals surface area (Å²) in [5, 5.41) is 0. The number of allylic oxidation sites excluding steroid dienone is 1. The summed E-state index contributed by atoms with van der Waals surface area (Å²) in [5.41, 5.74) is 1.48. The zero-order valence-corrected chi connectivity index (χ0v) is 5.64. The number of hydrogen-bond donors (Lipinski definition) is 0. The quantitative estimate of drug-likeness (QED) is 0.534. The van der Waals surface area contributed by atoms with E-state index >= 15 is 0 Å². The van der Waals surface area contributed by atoms with E-state index in [-0.39, 0.29) is 0 Å². The number of hydrogen-bond acceptors (Lipinski definition) is 0. The highest BCUT2D eigenvalue weighted by Gasteiger charge is 2.10. The highest BCUT2D eigenvalue weighted by molar-refractivity contribution is 5.64. The van der Waals surface area contributed by atoms with E-state index in [9.17, 15) is 8.78 Å². The Morgan fingerprint density at radius 2 is 1.55 bits per heavy atom. The zero-order chi connectivity index (χ0) is 7.84. The predicted molar refractivity (Wildman–Crippen MR) is 38.8 cm³/mol. The third-order valence-electron chi connectivity index (χ3n) is 1.68. The molecule has 0 aliphatic heterocycles. The second-order valence-electron chi connectivity index (χ2n) is 2.42. The molecule has 0 nitrogen and oxygen atoms in total. The van der Waals surface area contributed by atoms with E-state index in [4.69, 9.17) is 0 Å². The Balaban J connectivity index is 2.63. The molecule has 0 saturated carbocycles. The molecule has 1 aromatic rings. The van der Waals surface area contributed by atoms with Gasteiger partial charge in [-0.1, -0.05) is 12.2 Å². The van der Waals surface area contributed by atoms with Crippen molar-refractivity contribution in [2.75, 3.05) is 0 Å². The van der Waals surface area contributed by atoms with Crippen LogP contribution in [0.1, 0.15) is 11.1 Å². The van der Waals surface area contributed by atoms with Crippen LogP contribution in [0.5, 0.6) is 0 Å². The molecule has 0 fully saturated rings. The van der Waals surface area contributed by atoms with Crippen LogP contribution in [0.25, 0.3) is 6.08 Å². The van der Waals surface area contributed by atoms with E-state index in [0.717, 1.165) is 11.1 Å². The van der Waals surface area contributed by atoms with Crippen LogP contribution in [0.4, 0.5) is 8.78 Å². The van der Waals surface area contributed by atoms with Crippen LogP contribution < -0.4 is 0 Å². The van der Waals surface area contributed by atoms with Crippen LogP contribution in [-0.2, 0) is 0 Å². The molecule has 0 spiro atoms. The van der Waals surface area contributed by atoms with Gasteiger partial charge in [0.05, 0.1) is 0 Å². The number of halogens is 2.